The van der Waals surface area contributed by atoms with Crippen LogP contribution in [0, 0.1) is 29.1 Å². The number of aliphatic hydroxyl groups is 2. The van der Waals surface area contributed by atoms with Crippen LogP contribution in [0.15, 0.2) is 23.3 Å². The normalized spacial score (nSPS) is 49.2. The number of fused-ring (bicyclic) bond motifs is 3. The number of rotatable bonds is 4. The number of hydrogen-bond donors (Lipinski definition) is 2. The molecule has 2 bridgehead atoms. The first-order chi connectivity index (χ1) is 19.5. The Bertz CT molecular complexity index is 1380. The lowest BCUT2D eigenvalue weighted by Gasteiger charge is -2.45. The predicted octanol–water partition coefficient (Wildman–Crippen LogP) is 1.67. The second kappa shape index (κ2) is 8.31. The summed E-state index contributed by atoms with van der Waals surface area (Å²) in [6.45, 7) is 10.5. The Balaban J connectivity index is 1.26. The Hall–Kier alpha value is -2.60. The van der Waals surface area contributed by atoms with Crippen molar-refractivity contribution < 1.29 is 53.1 Å². The van der Waals surface area contributed by atoms with E-state index in [9.17, 15) is 29.4 Å². The molecule has 7 aliphatic rings. The van der Waals surface area contributed by atoms with Crippen LogP contribution in [0.1, 0.15) is 67.2 Å². The fourth-order valence-corrected chi connectivity index (χ4v) is 9.86. The van der Waals surface area contributed by atoms with Crippen molar-refractivity contribution in [3.8, 4) is 0 Å². The fourth-order valence-electron chi connectivity index (χ4n) is 9.86. The van der Waals surface area contributed by atoms with Crippen molar-refractivity contribution in [2.75, 3.05) is 0 Å². The molecule has 42 heavy (non-hydrogen) atoms. The SMILES string of the molecule is CC(=O)OC(C1C=C(C)C(=O)O1)C(C)C1C2C3(O)OC4(CCC12C)C(=CCC1C(C)(C)OC2CC(=O)OC21C4O)C3=O. The van der Waals surface area contributed by atoms with Crippen LogP contribution < -0.4 is 0 Å². The van der Waals surface area contributed by atoms with Gasteiger partial charge in [-0.3, -0.25) is 14.4 Å². The number of carbonyl (C=O) groups excluding carboxylic acids is 4. The van der Waals surface area contributed by atoms with Crippen molar-refractivity contribution >= 4 is 23.7 Å². The molecular formula is C31H38O11. The van der Waals surface area contributed by atoms with E-state index < -0.39 is 93.9 Å². The van der Waals surface area contributed by atoms with E-state index in [1.165, 1.54) is 6.92 Å². The van der Waals surface area contributed by atoms with E-state index in [1.807, 2.05) is 27.7 Å². The van der Waals surface area contributed by atoms with Gasteiger partial charge >= 0.3 is 17.9 Å². The smallest absolute Gasteiger partial charge is 0.334 e. The Morgan fingerprint density at radius 2 is 1.88 bits per heavy atom. The highest BCUT2D eigenvalue weighted by molar-refractivity contribution is 6.06. The average molecular weight is 587 g/mol. The van der Waals surface area contributed by atoms with E-state index in [0.717, 1.165) is 0 Å². The lowest BCUT2D eigenvalue weighted by Crippen LogP contribution is -2.63. The van der Waals surface area contributed by atoms with Crippen LogP contribution in [0.5, 0.6) is 0 Å². The highest BCUT2D eigenvalue weighted by atomic mass is 16.7. The Morgan fingerprint density at radius 3 is 2.52 bits per heavy atom. The summed E-state index contributed by atoms with van der Waals surface area (Å²) in [5, 5.41) is 24.4. The van der Waals surface area contributed by atoms with Crippen molar-refractivity contribution in [3.05, 3.63) is 23.3 Å². The molecule has 0 amide bonds. The Kier molecular flexibility index (Phi) is 5.58. The molecule has 11 nitrogen and oxygen atoms in total. The molecule has 5 aliphatic heterocycles. The largest absolute Gasteiger partial charge is 0.458 e. The first-order valence-electron chi connectivity index (χ1n) is 14.9. The van der Waals surface area contributed by atoms with Gasteiger partial charge in [-0.2, -0.15) is 0 Å². The van der Waals surface area contributed by atoms with Crippen LogP contribution in [0.4, 0.5) is 0 Å². The van der Waals surface area contributed by atoms with Crippen molar-refractivity contribution in [1.82, 2.24) is 0 Å². The monoisotopic (exact) mass is 586 g/mol. The van der Waals surface area contributed by atoms with Gasteiger partial charge in [0.15, 0.2) is 11.7 Å². The van der Waals surface area contributed by atoms with E-state index in [-0.39, 0.29) is 24.3 Å². The zero-order chi connectivity index (χ0) is 30.4. The maximum absolute atomic E-state index is 14.2. The minimum Gasteiger partial charge on any atom is -0.458 e. The van der Waals surface area contributed by atoms with E-state index in [1.54, 1.807) is 19.1 Å². The van der Waals surface area contributed by atoms with Gasteiger partial charge in [-0.1, -0.05) is 19.9 Å². The van der Waals surface area contributed by atoms with Crippen LogP contribution in [0.2, 0.25) is 0 Å². The zero-order valence-electron chi connectivity index (χ0n) is 24.7. The van der Waals surface area contributed by atoms with Gasteiger partial charge in [0.25, 0.3) is 0 Å². The van der Waals surface area contributed by atoms with Crippen LogP contribution in [-0.4, -0.2) is 80.9 Å². The molecule has 0 aromatic heterocycles. The first kappa shape index (κ1) is 28.2. The zero-order valence-corrected chi connectivity index (χ0v) is 24.7. The molecule has 0 aromatic rings. The molecule has 0 radical (unpaired) electrons. The number of ether oxygens (including phenoxy) is 5. The summed E-state index contributed by atoms with van der Waals surface area (Å²) >= 11 is 0. The second-order valence-corrected chi connectivity index (χ2v) is 14.2. The molecule has 1 saturated carbocycles. The molecule has 2 N–H and O–H groups in total. The van der Waals surface area contributed by atoms with Gasteiger partial charge in [0.1, 0.15) is 23.9 Å². The first-order valence-corrected chi connectivity index (χ1v) is 14.9. The molecule has 0 aromatic carbocycles. The molecule has 5 fully saturated rings. The summed E-state index contributed by atoms with van der Waals surface area (Å²) < 4.78 is 29.9. The van der Waals surface area contributed by atoms with Crippen LogP contribution in [-0.2, 0) is 42.9 Å². The maximum Gasteiger partial charge on any atom is 0.334 e. The second-order valence-electron chi connectivity index (χ2n) is 14.2. The van der Waals surface area contributed by atoms with Gasteiger partial charge in [0.05, 0.1) is 12.0 Å². The van der Waals surface area contributed by atoms with Gasteiger partial charge in [-0.05, 0) is 57.4 Å². The molecule has 12 atom stereocenters. The number of cyclic esters (lactones) is 1. The average Bonchev–Trinajstić information content (AvgIpc) is 2.99. The number of Topliss-reactive ketones (excluding diaryl/α,β-unsaturated/α-hetero) is 1. The van der Waals surface area contributed by atoms with Crippen molar-refractivity contribution in [2.24, 2.45) is 29.1 Å². The van der Waals surface area contributed by atoms with Crippen LogP contribution in [0.3, 0.4) is 0 Å². The highest BCUT2D eigenvalue weighted by Crippen LogP contribution is 2.75. The molecule has 4 saturated heterocycles. The molecule has 7 rings (SSSR count). The molecule has 2 aliphatic carbocycles. The molecule has 2 spiro atoms. The number of esters is 3. The topological polar surface area (TPSA) is 155 Å². The third kappa shape index (κ3) is 3.25. The lowest BCUT2D eigenvalue weighted by atomic mass is 9.68. The summed E-state index contributed by atoms with van der Waals surface area (Å²) in [5.41, 5.74) is -3.76. The standard InChI is InChI=1S/C31H38O11/c1-13-11-17(39-25(13)35)22(38-15(3)32)14(2)21-23-28(21,6)9-10-29-16(24(34)31(23,37)42-29)7-8-18-27(4,5)40-19-12-20(33)41-30(18,19)26(29)36/h7,11,14,17-19,21-23,26,36-37H,8-10,12H2,1-6H3. The molecule has 11 heteroatoms. The third-order valence-electron chi connectivity index (χ3n) is 11.6. The molecule has 5 heterocycles. The number of allylic oxidation sites excluding steroid dienone is 1. The molecule has 228 valence electrons. The fraction of sp³-hybridized carbons (Fsp3) is 0.742. The quantitative estimate of drug-likeness (QED) is 0.365. The minimum absolute atomic E-state index is 0.0161. The van der Waals surface area contributed by atoms with Gasteiger partial charge in [-0.15, -0.1) is 0 Å². The number of aliphatic hydroxyl groups excluding tert-OH is 1. The summed E-state index contributed by atoms with van der Waals surface area (Å²) in [6.07, 6.45) is 0.513. The maximum atomic E-state index is 14.2. The van der Waals surface area contributed by atoms with Gasteiger partial charge in [0.2, 0.25) is 11.6 Å². The van der Waals surface area contributed by atoms with Crippen LogP contribution >= 0.6 is 0 Å². The van der Waals surface area contributed by atoms with Crippen LogP contribution in [0.25, 0.3) is 0 Å². The van der Waals surface area contributed by atoms with Crippen molar-refractivity contribution in [1.29, 1.82) is 0 Å². The van der Waals surface area contributed by atoms with Gasteiger partial charge < -0.3 is 33.9 Å². The summed E-state index contributed by atoms with van der Waals surface area (Å²) in [5.74, 6) is -6.23. The Morgan fingerprint density at radius 1 is 1.17 bits per heavy atom. The number of ketones is 1. The summed E-state index contributed by atoms with van der Waals surface area (Å²) in [6, 6.07) is 0. The lowest BCUT2D eigenvalue weighted by molar-refractivity contribution is -0.268. The minimum atomic E-state index is -2.26. The van der Waals surface area contributed by atoms with Gasteiger partial charge in [-0.25, -0.2) is 4.79 Å². The predicted molar refractivity (Wildman–Crippen MR) is 141 cm³/mol. The molecular weight excluding hydrogens is 548 g/mol. The van der Waals surface area contributed by atoms with Crippen molar-refractivity contribution in [3.63, 3.8) is 0 Å². The summed E-state index contributed by atoms with van der Waals surface area (Å²) in [7, 11) is 0. The third-order valence-corrected chi connectivity index (χ3v) is 11.6. The number of carbonyl (C=O) groups is 4. The van der Waals surface area contributed by atoms with E-state index in [2.05, 4.69) is 0 Å². The number of hydrogen-bond acceptors (Lipinski definition) is 11. The van der Waals surface area contributed by atoms with Gasteiger partial charge in [0, 0.05) is 35.8 Å². The van der Waals surface area contributed by atoms with Crippen molar-refractivity contribution in [2.45, 2.75) is 114 Å². The Labute approximate surface area is 243 Å². The van der Waals surface area contributed by atoms with E-state index in [0.29, 0.717) is 18.4 Å². The summed E-state index contributed by atoms with van der Waals surface area (Å²) in [4.78, 5) is 51.1. The van der Waals surface area contributed by atoms with E-state index in [4.69, 9.17) is 23.7 Å². The molecule has 12 unspecified atom stereocenters. The highest BCUT2D eigenvalue weighted by Gasteiger charge is 2.84. The van der Waals surface area contributed by atoms with E-state index >= 15 is 0 Å².